The van der Waals surface area contributed by atoms with Crippen LogP contribution < -0.4 is 5.32 Å². The Morgan fingerprint density at radius 2 is 1.81 bits per heavy atom. The molecule has 0 fully saturated rings. The summed E-state index contributed by atoms with van der Waals surface area (Å²) in [4.78, 5) is 10.0. The van der Waals surface area contributed by atoms with E-state index in [4.69, 9.17) is 0 Å². The van der Waals surface area contributed by atoms with E-state index in [0.29, 0.717) is 0 Å². The van der Waals surface area contributed by atoms with Gasteiger partial charge in [0.15, 0.2) is 0 Å². The molecule has 0 unspecified atom stereocenters. The van der Waals surface area contributed by atoms with Gasteiger partial charge in [0.05, 0.1) is 5.39 Å². The molecule has 0 atom stereocenters. The first-order valence-corrected chi connectivity index (χ1v) is 9.70. The Kier molecular flexibility index (Phi) is 4.43. The first kappa shape index (κ1) is 16.7. The fourth-order valence-corrected chi connectivity index (χ4v) is 4.03. The maximum Gasteiger partial charge on any atom is 0.143 e. The van der Waals surface area contributed by atoms with E-state index >= 15 is 0 Å². The van der Waals surface area contributed by atoms with Gasteiger partial charge in [0, 0.05) is 16.6 Å². The molecule has 0 aliphatic carbocycles. The van der Waals surface area contributed by atoms with E-state index in [1.54, 1.807) is 17.7 Å². The van der Waals surface area contributed by atoms with Crippen LogP contribution in [0.3, 0.4) is 0 Å². The summed E-state index contributed by atoms with van der Waals surface area (Å²) in [5, 5.41) is 6.79. The molecule has 1 N–H and O–H groups in total. The smallest absolute Gasteiger partial charge is 0.143 e. The summed E-state index contributed by atoms with van der Waals surface area (Å²) in [5.74, 6) is 0.861. The summed E-state index contributed by atoms with van der Waals surface area (Å²) in [5.41, 5.74) is 7.32. The Bertz CT molecular complexity index is 1060. The third-order valence-electron chi connectivity index (χ3n) is 4.90. The van der Waals surface area contributed by atoms with Crippen molar-refractivity contribution < 1.29 is 0 Å². The van der Waals surface area contributed by atoms with E-state index in [1.807, 2.05) is 0 Å². The molecule has 4 rings (SSSR count). The Morgan fingerprint density at radius 1 is 1.00 bits per heavy atom. The average molecular weight is 359 g/mol. The largest absolute Gasteiger partial charge is 0.339 e. The maximum absolute atomic E-state index is 4.55. The standard InChI is InChI=1S/C22H21N3S/c1-4-16-8-10-17(11-9-16)18-12-26-22-20(18)21(23-13-24-22)25-19-7-5-6-14(2)15(19)3/h5-13H,4H2,1-3H3,(H,23,24,25). The zero-order valence-corrected chi connectivity index (χ0v) is 16.0. The van der Waals surface area contributed by atoms with E-state index in [-0.39, 0.29) is 0 Å². The van der Waals surface area contributed by atoms with Gasteiger partial charge in [-0.3, -0.25) is 0 Å². The van der Waals surface area contributed by atoms with Crippen LogP contribution in [0, 0.1) is 13.8 Å². The molecule has 0 saturated heterocycles. The fourth-order valence-electron chi connectivity index (χ4n) is 3.12. The van der Waals surface area contributed by atoms with Crippen LogP contribution in [-0.2, 0) is 6.42 Å². The molecule has 2 aromatic carbocycles. The first-order valence-electron chi connectivity index (χ1n) is 8.82. The minimum atomic E-state index is 0.861. The lowest BCUT2D eigenvalue weighted by molar-refractivity contribution is 1.14. The van der Waals surface area contributed by atoms with Crippen LogP contribution in [0.25, 0.3) is 21.3 Å². The number of hydrogen-bond donors (Lipinski definition) is 1. The van der Waals surface area contributed by atoms with Crippen molar-refractivity contribution in [3.8, 4) is 11.1 Å². The van der Waals surface area contributed by atoms with Gasteiger partial charge < -0.3 is 5.32 Å². The molecule has 0 bridgehead atoms. The minimum Gasteiger partial charge on any atom is -0.339 e. The van der Waals surface area contributed by atoms with Crippen LogP contribution >= 0.6 is 11.3 Å². The molecular weight excluding hydrogens is 338 g/mol. The van der Waals surface area contributed by atoms with E-state index in [1.165, 1.54) is 27.8 Å². The highest BCUT2D eigenvalue weighted by Gasteiger charge is 2.14. The molecule has 0 saturated carbocycles. The third-order valence-corrected chi connectivity index (χ3v) is 5.79. The molecule has 130 valence electrons. The highest BCUT2D eigenvalue weighted by atomic mass is 32.1. The summed E-state index contributed by atoms with van der Waals surface area (Å²) in [6.45, 7) is 6.44. The number of benzene rings is 2. The SMILES string of the molecule is CCc1ccc(-c2csc3ncnc(Nc4cccc(C)c4C)c23)cc1. The van der Waals surface area contributed by atoms with Gasteiger partial charge in [0.25, 0.3) is 0 Å². The number of aromatic nitrogens is 2. The summed E-state index contributed by atoms with van der Waals surface area (Å²) < 4.78 is 0. The van der Waals surface area contributed by atoms with E-state index < -0.39 is 0 Å². The molecule has 0 spiro atoms. The molecule has 4 aromatic rings. The molecule has 3 nitrogen and oxygen atoms in total. The fraction of sp³-hybridized carbons (Fsp3) is 0.182. The number of thiophene rings is 1. The number of rotatable bonds is 4. The van der Waals surface area contributed by atoms with Crippen molar-refractivity contribution in [2.24, 2.45) is 0 Å². The molecule has 0 aliphatic heterocycles. The maximum atomic E-state index is 4.55. The topological polar surface area (TPSA) is 37.8 Å². The summed E-state index contributed by atoms with van der Waals surface area (Å²) in [7, 11) is 0. The van der Waals surface area contributed by atoms with Gasteiger partial charge in [-0.15, -0.1) is 11.3 Å². The highest BCUT2D eigenvalue weighted by molar-refractivity contribution is 7.17. The van der Waals surface area contributed by atoms with Gasteiger partial charge in [0.1, 0.15) is 17.0 Å². The number of anilines is 2. The van der Waals surface area contributed by atoms with Gasteiger partial charge in [-0.2, -0.15) is 0 Å². The van der Waals surface area contributed by atoms with Crippen LogP contribution in [0.4, 0.5) is 11.5 Å². The Labute approximate surface area is 157 Å². The number of hydrogen-bond acceptors (Lipinski definition) is 4. The third kappa shape index (κ3) is 2.97. The normalized spacial score (nSPS) is 11.0. The Morgan fingerprint density at radius 3 is 2.58 bits per heavy atom. The van der Waals surface area contributed by atoms with Gasteiger partial charge in [-0.05, 0) is 48.6 Å². The Balaban J connectivity index is 1.82. The van der Waals surface area contributed by atoms with E-state index in [2.05, 4.69) is 83.9 Å². The zero-order chi connectivity index (χ0) is 18.1. The van der Waals surface area contributed by atoms with E-state index in [0.717, 1.165) is 28.1 Å². The molecule has 26 heavy (non-hydrogen) atoms. The van der Waals surface area contributed by atoms with E-state index in [9.17, 15) is 0 Å². The Hall–Kier alpha value is -2.72. The van der Waals surface area contributed by atoms with Crippen molar-refractivity contribution in [3.05, 3.63) is 70.9 Å². The quantitative estimate of drug-likeness (QED) is 0.466. The van der Waals surface area contributed by atoms with Crippen LogP contribution in [0.2, 0.25) is 0 Å². The number of nitrogens with one attached hydrogen (secondary N) is 1. The first-order chi connectivity index (χ1) is 12.7. The molecule has 0 radical (unpaired) electrons. The van der Waals surface area contributed by atoms with Crippen molar-refractivity contribution in [1.82, 2.24) is 9.97 Å². The van der Waals surface area contributed by atoms with Crippen LogP contribution in [0.15, 0.2) is 54.2 Å². The lowest BCUT2D eigenvalue weighted by atomic mass is 10.0. The van der Waals surface area contributed by atoms with Crippen molar-refractivity contribution in [3.63, 3.8) is 0 Å². The predicted molar refractivity (Wildman–Crippen MR) is 111 cm³/mol. The summed E-state index contributed by atoms with van der Waals surface area (Å²) in [6.07, 6.45) is 2.68. The van der Waals surface area contributed by atoms with Crippen LogP contribution in [0.1, 0.15) is 23.6 Å². The lowest BCUT2D eigenvalue weighted by Crippen LogP contribution is -1.98. The molecular formula is C22H21N3S. The number of nitrogens with zero attached hydrogens (tertiary/aromatic N) is 2. The van der Waals surface area contributed by atoms with Gasteiger partial charge in [-0.25, -0.2) is 9.97 Å². The van der Waals surface area contributed by atoms with Crippen molar-refractivity contribution >= 4 is 33.1 Å². The van der Waals surface area contributed by atoms with Crippen molar-refractivity contribution in [2.45, 2.75) is 27.2 Å². The number of aryl methyl sites for hydroxylation is 2. The van der Waals surface area contributed by atoms with Gasteiger partial charge >= 0.3 is 0 Å². The minimum absolute atomic E-state index is 0.861. The molecule has 2 aromatic heterocycles. The second-order valence-corrected chi connectivity index (χ2v) is 7.33. The summed E-state index contributed by atoms with van der Waals surface area (Å²) in [6, 6.07) is 15.1. The van der Waals surface area contributed by atoms with Crippen molar-refractivity contribution in [1.29, 1.82) is 0 Å². The molecule has 2 heterocycles. The molecule has 0 aliphatic rings. The second kappa shape index (κ2) is 6.89. The average Bonchev–Trinajstić information content (AvgIpc) is 3.11. The summed E-state index contributed by atoms with van der Waals surface area (Å²) >= 11 is 1.66. The molecule has 4 heteroatoms. The van der Waals surface area contributed by atoms with Crippen LogP contribution in [-0.4, -0.2) is 9.97 Å². The monoisotopic (exact) mass is 359 g/mol. The van der Waals surface area contributed by atoms with Crippen molar-refractivity contribution in [2.75, 3.05) is 5.32 Å². The number of fused-ring (bicyclic) bond motifs is 1. The van der Waals surface area contributed by atoms with Gasteiger partial charge in [-0.1, -0.05) is 43.3 Å². The molecule has 0 amide bonds. The highest BCUT2D eigenvalue weighted by Crippen LogP contribution is 2.38. The van der Waals surface area contributed by atoms with Gasteiger partial charge in [0.2, 0.25) is 0 Å². The zero-order valence-electron chi connectivity index (χ0n) is 15.2. The van der Waals surface area contributed by atoms with Crippen LogP contribution in [0.5, 0.6) is 0 Å². The second-order valence-electron chi connectivity index (χ2n) is 6.47. The predicted octanol–water partition coefficient (Wildman–Crippen LogP) is 6.28. The lowest BCUT2D eigenvalue weighted by Gasteiger charge is -2.12.